The van der Waals surface area contributed by atoms with Gasteiger partial charge in [-0.3, -0.25) is 4.79 Å². The van der Waals surface area contributed by atoms with Crippen LogP contribution in [0.5, 0.6) is 5.75 Å². The molecule has 0 amide bonds. The fourth-order valence-corrected chi connectivity index (χ4v) is 2.78. The van der Waals surface area contributed by atoms with Gasteiger partial charge in [-0.1, -0.05) is 11.8 Å². The van der Waals surface area contributed by atoms with Crippen molar-refractivity contribution in [2.45, 2.75) is 5.03 Å². The predicted octanol–water partition coefficient (Wildman–Crippen LogP) is 3.66. The van der Waals surface area contributed by atoms with E-state index in [4.69, 9.17) is 0 Å². The van der Waals surface area contributed by atoms with Crippen molar-refractivity contribution < 1.29 is 14.3 Å². The number of carbonyl (C=O) groups excluding carboxylic acids is 1. The number of pyridine rings is 1. The van der Waals surface area contributed by atoms with Crippen LogP contribution >= 0.6 is 27.7 Å². The van der Waals surface area contributed by atoms with Crippen LogP contribution in [0.1, 0.15) is 10.4 Å². The average Bonchev–Trinajstić information content (AvgIpc) is 2.40. The fourth-order valence-electron chi connectivity index (χ4n) is 1.42. The number of ketones is 1. The Hall–Kier alpha value is -1.40. The second-order valence-corrected chi connectivity index (χ2v) is 5.48. The molecule has 0 spiro atoms. The molecular weight excluding hydrogens is 333 g/mol. The summed E-state index contributed by atoms with van der Waals surface area (Å²) in [4.78, 5) is 16.0. The highest BCUT2D eigenvalue weighted by Gasteiger charge is 2.13. The van der Waals surface area contributed by atoms with E-state index < -0.39 is 5.82 Å². The van der Waals surface area contributed by atoms with Gasteiger partial charge in [0.2, 0.25) is 0 Å². The number of Topliss-reactive ketones (excluding diaryl/α,β-unsaturated/α-hetero) is 1. The number of thioether (sulfide) groups is 1. The van der Waals surface area contributed by atoms with Gasteiger partial charge in [0.25, 0.3) is 0 Å². The summed E-state index contributed by atoms with van der Waals surface area (Å²) in [7, 11) is 0. The maximum absolute atomic E-state index is 13.0. The number of aromatic hydroxyl groups is 1. The third-order valence-electron chi connectivity index (χ3n) is 2.32. The zero-order chi connectivity index (χ0) is 13.8. The SMILES string of the molecule is O=C(CSc1ncccc1Br)c1cc(F)ccc1O. The van der Waals surface area contributed by atoms with Crippen LogP contribution in [0.15, 0.2) is 46.0 Å². The van der Waals surface area contributed by atoms with Gasteiger partial charge < -0.3 is 5.11 Å². The molecule has 1 aromatic carbocycles. The lowest BCUT2D eigenvalue weighted by molar-refractivity contribution is 0.101. The van der Waals surface area contributed by atoms with Gasteiger partial charge in [-0.15, -0.1) is 0 Å². The number of hydrogen-bond acceptors (Lipinski definition) is 4. The van der Waals surface area contributed by atoms with Crippen LogP contribution < -0.4 is 0 Å². The first-order valence-electron chi connectivity index (χ1n) is 5.33. The topological polar surface area (TPSA) is 50.2 Å². The summed E-state index contributed by atoms with van der Waals surface area (Å²) in [5.74, 6) is -1.04. The highest BCUT2D eigenvalue weighted by molar-refractivity contribution is 9.10. The summed E-state index contributed by atoms with van der Waals surface area (Å²) >= 11 is 4.55. The first-order valence-corrected chi connectivity index (χ1v) is 7.11. The molecule has 1 aromatic heterocycles. The molecule has 0 aliphatic rings. The van der Waals surface area contributed by atoms with Gasteiger partial charge in [0.1, 0.15) is 16.6 Å². The van der Waals surface area contributed by atoms with E-state index >= 15 is 0 Å². The maximum Gasteiger partial charge on any atom is 0.176 e. The van der Waals surface area contributed by atoms with E-state index in [1.807, 2.05) is 6.07 Å². The summed E-state index contributed by atoms with van der Waals surface area (Å²) in [5, 5.41) is 10.2. The van der Waals surface area contributed by atoms with E-state index in [1.165, 1.54) is 17.8 Å². The molecule has 19 heavy (non-hydrogen) atoms. The van der Waals surface area contributed by atoms with E-state index in [1.54, 1.807) is 12.3 Å². The van der Waals surface area contributed by atoms with Gasteiger partial charge in [-0.05, 0) is 46.3 Å². The van der Waals surface area contributed by atoms with Crippen molar-refractivity contribution in [1.82, 2.24) is 4.98 Å². The van der Waals surface area contributed by atoms with Crippen molar-refractivity contribution in [3.05, 3.63) is 52.4 Å². The Kier molecular flexibility index (Phi) is 4.55. The number of benzene rings is 1. The zero-order valence-corrected chi connectivity index (χ0v) is 12.0. The zero-order valence-electron chi connectivity index (χ0n) is 9.64. The van der Waals surface area contributed by atoms with Crippen LogP contribution in [-0.4, -0.2) is 21.6 Å². The average molecular weight is 342 g/mol. The molecule has 0 aliphatic heterocycles. The van der Waals surface area contributed by atoms with Gasteiger partial charge >= 0.3 is 0 Å². The van der Waals surface area contributed by atoms with Gasteiger partial charge in [-0.25, -0.2) is 9.37 Å². The number of rotatable bonds is 4. The molecule has 0 radical (unpaired) electrons. The number of nitrogens with zero attached hydrogens (tertiary/aromatic N) is 1. The maximum atomic E-state index is 13.0. The monoisotopic (exact) mass is 341 g/mol. The van der Waals surface area contributed by atoms with Gasteiger partial charge in [0, 0.05) is 10.7 Å². The van der Waals surface area contributed by atoms with Gasteiger partial charge in [0.15, 0.2) is 5.78 Å². The van der Waals surface area contributed by atoms with Crippen LogP contribution in [0.3, 0.4) is 0 Å². The third kappa shape index (κ3) is 3.54. The number of phenolic OH excluding ortho intramolecular Hbond substituents is 1. The van der Waals surface area contributed by atoms with Crippen molar-refractivity contribution in [3.8, 4) is 5.75 Å². The normalized spacial score (nSPS) is 10.4. The Morgan fingerprint density at radius 3 is 2.95 bits per heavy atom. The van der Waals surface area contributed by atoms with Crippen molar-refractivity contribution in [3.63, 3.8) is 0 Å². The van der Waals surface area contributed by atoms with E-state index in [2.05, 4.69) is 20.9 Å². The van der Waals surface area contributed by atoms with Crippen LogP contribution in [-0.2, 0) is 0 Å². The van der Waals surface area contributed by atoms with Crippen LogP contribution in [0.4, 0.5) is 4.39 Å². The molecule has 2 rings (SSSR count). The fraction of sp³-hybridized carbons (Fsp3) is 0.0769. The second kappa shape index (κ2) is 6.16. The minimum Gasteiger partial charge on any atom is -0.507 e. The van der Waals surface area contributed by atoms with E-state index in [-0.39, 0.29) is 22.8 Å². The number of carbonyl (C=O) groups is 1. The van der Waals surface area contributed by atoms with E-state index in [0.717, 1.165) is 16.6 Å². The molecule has 0 atom stereocenters. The van der Waals surface area contributed by atoms with Gasteiger partial charge in [-0.2, -0.15) is 0 Å². The van der Waals surface area contributed by atoms with Crippen LogP contribution in [0, 0.1) is 5.82 Å². The highest BCUT2D eigenvalue weighted by atomic mass is 79.9. The largest absolute Gasteiger partial charge is 0.507 e. The summed E-state index contributed by atoms with van der Waals surface area (Å²) in [6, 6.07) is 6.90. The number of halogens is 2. The van der Waals surface area contributed by atoms with Crippen molar-refractivity contribution in [2.75, 3.05) is 5.75 Å². The second-order valence-electron chi connectivity index (χ2n) is 3.66. The quantitative estimate of drug-likeness (QED) is 0.681. The first kappa shape index (κ1) is 14.0. The molecule has 0 bridgehead atoms. The number of hydrogen-bond donors (Lipinski definition) is 1. The van der Waals surface area contributed by atoms with E-state index in [0.29, 0.717) is 5.03 Å². The Balaban J connectivity index is 2.10. The Morgan fingerprint density at radius 2 is 2.21 bits per heavy atom. The Bertz CT molecular complexity index is 621. The molecule has 0 saturated heterocycles. The van der Waals surface area contributed by atoms with Crippen molar-refractivity contribution in [2.24, 2.45) is 0 Å². The standard InChI is InChI=1S/C13H9BrFNO2S/c14-10-2-1-5-16-13(10)19-7-12(18)9-6-8(15)3-4-11(9)17/h1-6,17H,7H2. The molecule has 3 nitrogen and oxygen atoms in total. The number of aromatic nitrogens is 1. The van der Waals surface area contributed by atoms with Gasteiger partial charge in [0.05, 0.1) is 11.3 Å². The lowest BCUT2D eigenvalue weighted by Crippen LogP contribution is -2.03. The summed E-state index contributed by atoms with van der Waals surface area (Å²) < 4.78 is 13.8. The molecule has 0 unspecified atom stereocenters. The van der Waals surface area contributed by atoms with Crippen LogP contribution in [0.25, 0.3) is 0 Å². The van der Waals surface area contributed by atoms with Crippen molar-refractivity contribution >= 4 is 33.5 Å². The lowest BCUT2D eigenvalue weighted by Gasteiger charge is -2.04. The lowest BCUT2D eigenvalue weighted by atomic mass is 10.1. The summed E-state index contributed by atoms with van der Waals surface area (Å²) in [5.41, 5.74) is -0.0143. The molecule has 6 heteroatoms. The third-order valence-corrected chi connectivity index (χ3v) is 4.23. The predicted molar refractivity (Wildman–Crippen MR) is 75.1 cm³/mol. The smallest absolute Gasteiger partial charge is 0.176 e. The van der Waals surface area contributed by atoms with E-state index in [9.17, 15) is 14.3 Å². The molecule has 2 aromatic rings. The minimum absolute atomic E-state index is 0.0143. The highest BCUT2D eigenvalue weighted by Crippen LogP contribution is 2.26. The first-order chi connectivity index (χ1) is 9.08. The Labute approximate surface area is 122 Å². The molecule has 0 fully saturated rings. The molecule has 1 N–H and O–H groups in total. The molecule has 1 heterocycles. The molecule has 98 valence electrons. The molecule has 0 aliphatic carbocycles. The molecular formula is C13H9BrFNO2S. The van der Waals surface area contributed by atoms with Crippen molar-refractivity contribution in [1.29, 1.82) is 0 Å². The van der Waals surface area contributed by atoms with Crippen LogP contribution in [0.2, 0.25) is 0 Å². The summed E-state index contributed by atoms with van der Waals surface area (Å²) in [6.45, 7) is 0. The molecule has 0 saturated carbocycles. The Morgan fingerprint density at radius 1 is 1.42 bits per heavy atom. The number of phenols is 1. The minimum atomic E-state index is -0.551. The summed E-state index contributed by atoms with van der Waals surface area (Å²) in [6.07, 6.45) is 1.62.